The summed E-state index contributed by atoms with van der Waals surface area (Å²) in [5.74, 6) is -0.525. The predicted molar refractivity (Wildman–Crippen MR) is 132 cm³/mol. The molecule has 10 heteroatoms. The number of nitrogens with zero attached hydrogens (tertiary/aromatic N) is 2. The maximum Gasteiger partial charge on any atom is 0.322 e. The molecule has 0 aliphatic carbocycles. The monoisotopic (exact) mass is 478 g/mol. The largest absolute Gasteiger partial charge is 0.398 e. The van der Waals surface area contributed by atoms with Crippen LogP contribution in [0.3, 0.4) is 0 Å². The van der Waals surface area contributed by atoms with E-state index >= 15 is 0 Å². The molecule has 0 bridgehead atoms. The molecule has 6 N–H and O–H groups in total. The molecule has 3 aromatic rings. The normalized spacial score (nSPS) is 19.7. The minimum atomic E-state index is -1.22. The highest BCUT2D eigenvalue weighted by molar-refractivity contribution is 8.05. The number of nitrogen functional groups attached to an aromatic ring is 1. The molecule has 1 atom stereocenters. The highest BCUT2D eigenvalue weighted by Gasteiger charge is 2.48. The number of carbonyl (C=O) groups excluding carboxylic acids is 2. The van der Waals surface area contributed by atoms with E-state index < -0.39 is 10.8 Å². The van der Waals surface area contributed by atoms with Crippen LogP contribution in [0.25, 0.3) is 10.4 Å². The van der Waals surface area contributed by atoms with E-state index in [0.29, 0.717) is 36.4 Å². The van der Waals surface area contributed by atoms with Crippen molar-refractivity contribution in [2.45, 2.75) is 11.3 Å². The second kappa shape index (κ2) is 8.45. The van der Waals surface area contributed by atoms with Crippen molar-refractivity contribution in [3.8, 4) is 10.4 Å². The van der Waals surface area contributed by atoms with Crippen LogP contribution in [0.1, 0.15) is 12.0 Å². The fourth-order valence-electron chi connectivity index (χ4n) is 4.02. The van der Waals surface area contributed by atoms with Gasteiger partial charge in [0.05, 0.1) is 18.4 Å². The number of urea groups is 1. The number of rotatable bonds is 4. The summed E-state index contributed by atoms with van der Waals surface area (Å²) >= 11 is 2.95. The van der Waals surface area contributed by atoms with Crippen LogP contribution in [0.4, 0.5) is 16.2 Å². The van der Waals surface area contributed by atoms with Gasteiger partial charge in [-0.05, 0) is 41.3 Å². The Morgan fingerprint density at radius 2 is 2.09 bits per heavy atom. The molecule has 8 nitrogen and oxygen atoms in total. The molecule has 0 spiro atoms. The summed E-state index contributed by atoms with van der Waals surface area (Å²) < 4.78 is 0. The molecule has 33 heavy (non-hydrogen) atoms. The molecule has 3 amide bonds. The van der Waals surface area contributed by atoms with Crippen molar-refractivity contribution in [1.29, 1.82) is 0 Å². The fourth-order valence-corrected chi connectivity index (χ4v) is 6.17. The van der Waals surface area contributed by atoms with Gasteiger partial charge in [0.25, 0.3) is 5.91 Å². The lowest BCUT2D eigenvalue weighted by Gasteiger charge is -2.29. The number of aromatic nitrogens is 1. The van der Waals surface area contributed by atoms with Gasteiger partial charge in [0.1, 0.15) is 0 Å². The van der Waals surface area contributed by atoms with Crippen LogP contribution in [-0.2, 0) is 9.67 Å². The van der Waals surface area contributed by atoms with Crippen molar-refractivity contribution in [3.05, 3.63) is 76.4 Å². The van der Waals surface area contributed by atoms with E-state index in [0.717, 1.165) is 21.0 Å². The number of hydrogen-bond acceptors (Lipinski definition) is 7. The second-order valence-corrected chi connectivity index (χ2v) is 10.1. The summed E-state index contributed by atoms with van der Waals surface area (Å²) in [5.41, 5.74) is 15.9. The summed E-state index contributed by atoms with van der Waals surface area (Å²) in [4.78, 5) is 32.1. The standard InChI is InChI=1S/C23H22N6O2S2/c24-17-6-5-14(19-4-2-10-32-19)11-16(17)23(21(25)30)28-18-7-9-29(13-20(18)33-23)22(31)27-15-3-1-8-26-12-15/h1-6,8,10-12,28H,7,9,13,24H2,(H2,25,30)(H,27,31). The Bertz CT molecular complexity index is 1250. The van der Waals surface area contributed by atoms with E-state index in [1.165, 1.54) is 11.8 Å². The van der Waals surface area contributed by atoms with Gasteiger partial charge in [0.15, 0.2) is 4.87 Å². The van der Waals surface area contributed by atoms with Gasteiger partial charge in [-0.25, -0.2) is 4.79 Å². The van der Waals surface area contributed by atoms with E-state index in [-0.39, 0.29) is 6.03 Å². The smallest absolute Gasteiger partial charge is 0.322 e. The van der Waals surface area contributed by atoms with Gasteiger partial charge in [-0.3, -0.25) is 9.78 Å². The number of carbonyl (C=O) groups is 2. The van der Waals surface area contributed by atoms with Gasteiger partial charge in [0.2, 0.25) is 0 Å². The number of benzene rings is 1. The van der Waals surface area contributed by atoms with Crippen LogP contribution in [0.2, 0.25) is 0 Å². The molecule has 0 saturated heterocycles. The topological polar surface area (TPSA) is 126 Å². The molecule has 2 aromatic heterocycles. The molecular weight excluding hydrogens is 456 g/mol. The minimum Gasteiger partial charge on any atom is -0.398 e. The van der Waals surface area contributed by atoms with Crippen molar-refractivity contribution in [1.82, 2.24) is 15.2 Å². The summed E-state index contributed by atoms with van der Waals surface area (Å²) in [7, 11) is 0. The maximum absolute atomic E-state index is 12.8. The number of nitrogens with two attached hydrogens (primary N) is 2. The summed E-state index contributed by atoms with van der Waals surface area (Å²) in [6, 6.07) is 13.0. The summed E-state index contributed by atoms with van der Waals surface area (Å²) in [5, 5.41) is 8.23. The number of thioether (sulfide) groups is 1. The minimum absolute atomic E-state index is 0.217. The lowest BCUT2D eigenvalue weighted by atomic mass is 9.99. The van der Waals surface area contributed by atoms with Gasteiger partial charge in [-0.15, -0.1) is 11.3 Å². The number of primary amides is 1. The lowest BCUT2D eigenvalue weighted by Crippen LogP contribution is -2.47. The van der Waals surface area contributed by atoms with Crippen molar-refractivity contribution in [3.63, 3.8) is 0 Å². The number of hydrogen-bond donors (Lipinski definition) is 4. The van der Waals surface area contributed by atoms with Gasteiger partial charge in [-0.2, -0.15) is 0 Å². The second-order valence-electron chi connectivity index (χ2n) is 7.80. The Morgan fingerprint density at radius 1 is 1.21 bits per heavy atom. The first-order valence-electron chi connectivity index (χ1n) is 10.4. The highest BCUT2D eigenvalue weighted by atomic mass is 32.2. The molecule has 0 saturated carbocycles. The average Bonchev–Trinajstić information content (AvgIpc) is 3.48. The Kier molecular flexibility index (Phi) is 5.47. The lowest BCUT2D eigenvalue weighted by molar-refractivity contribution is -0.121. The molecule has 2 aliphatic rings. The zero-order valence-electron chi connectivity index (χ0n) is 17.6. The van der Waals surface area contributed by atoms with Crippen molar-refractivity contribution < 1.29 is 9.59 Å². The molecule has 0 radical (unpaired) electrons. The number of thiophene rings is 1. The summed E-state index contributed by atoms with van der Waals surface area (Å²) in [6.45, 7) is 0.886. The summed E-state index contributed by atoms with van der Waals surface area (Å²) in [6.07, 6.45) is 3.83. The van der Waals surface area contributed by atoms with Crippen LogP contribution < -0.4 is 22.1 Å². The Labute approximate surface area is 199 Å². The van der Waals surface area contributed by atoms with Gasteiger partial charge >= 0.3 is 6.03 Å². The first kappa shape index (κ1) is 21.4. The first-order chi connectivity index (χ1) is 16.0. The van der Waals surface area contributed by atoms with E-state index in [4.69, 9.17) is 11.5 Å². The third-order valence-electron chi connectivity index (χ3n) is 5.69. The third kappa shape index (κ3) is 3.91. The number of amides is 3. The van der Waals surface area contributed by atoms with E-state index in [1.54, 1.807) is 40.8 Å². The van der Waals surface area contributed by atoms with E-state index in [1.807, 2.05) is 35.7 Å². The number of anilines is 2. The van der Waals surface area contributed by atoms with Crippen molar-refractivity contribution in [2.24, 2.45) is 5.73 Å². The highest BCUT2D eigenvalue weighted by Crippen LogP contribution is 2.50. The zero-order chi connectivity index (χ0) is 23.0. The number of pyridine rings is 1. The van der Waals surface area contributed by atoms with E-state index in [2.05, 4.69) is 15.6 Å². The Hall–Kier alpha value is -3.50. The predicted octanol–water partition coefficient (Wildman–Crippen LogP) is 3.52. The van der Waals surface area contributed by atoms with E-state index in [9.17, 15) is 9.59 Å². The average molecular weight is 479 g/mol. The zero-order valence-corrected chi connectivity index (χ0v) is 19.2. The molecule has 1 aromatic carbocycles. The SMILES string of the molecule is NC(=O)C1(c2cc(-c3cccs3)ccc2N)NC2=C(CN(C(=O)Nc3cccnc3)CC2)S1. The number of nitrogens with one attached hydrogen (secondary N) is 2. The quantitative estimate of drug-likeness (QED) is 0.425. The molecule has 2 aliphatic heterocycles. The first-order valence-corrected chi connectivity index (χ1v) is 12.0. The molecule has 5 rings (SSSR count). The Morgan fingerprint density at radius 3 is 2.82 bits per heavy atom. The van der Waals surface area contributed by atoms with Crippen LogP contribution in [0.5, 0.6) is 0 Å². The van der Waals surface area contributed by atoms with Gasteiger partial charge in [0, 0.05) is 45.9 Å². The molecule has 0 fully saturated rings. The van der Waals surface area contributed by atoms with Crippen molar-refractivity contribution >= 4 is 46.4 Å². The molecule has 1 unspecified atom stereocenters. The van der Waals surface area contributed by atoms with Crippen LogP contribution in [0.15, 0.2) is 70.8 Å². The van der Waals surface area contributed by atoms with Crippen LogP contribution in [-0.4, -0.2) is 34.9 Å². The van der Waals surface area contributed by atoms with Crippen molar-refractivity contribution in [2.75, 3.05) is 24.1 Å². The van der Waals surface area contributed by atoms with Gasteiger partial charge < -0.3 is 27.0 Å². The molecular formula is C23H22N6O2S2. The molecule has 168 valence electrons. The van der Waals surface area contributed by atoms with Crippen LogP contribution >= 0.6 is 23.1 Å². The fraction of sp³-hybridized carbons (Fsp3) is 0.174. The maximum atomic E-state index is 12.8. The Balaban J connectivity index is 1.40. The van der Waals surface area contributed by atoms with Crippen LogP contribution in [0, 0.1) is 0 Å². The van der Waals surface area contributed by atoms with Gasteiger partial charge in [-0.1, -0.05) is 23.9 Å². The molecule has 4 heterocycles. The third-order valence-corrected chi connectivity index (χ3v) is 8.06.